The molecule has 2 atom stereocenters. The molecule has 2 unspecified atom stereocenters. The average molecular weight is 419 g/mol. The van der Waals surface area contributed by atoms with Crippen LogP contribution in [0.3, 0.4) is 0 Å². The van der Waals surface area contributed by atoms with E-state index in [1.165, 1.54) is 0 Å². The summed E-state index contributed by atoms with van der Waals surface area (Å²) in [4.78, 5) is 0. The molecule has 0 aliphatic carbocycles. The molecule has 7 heteroatoms. The highest BCUT2D eigenvalue weighted by atomic mass is 32.3. The average Bonchev–Trinajstić information content (AvgIpc) is 2.90. The summed E-state index contributed by atoms with van der Waals surface area (Å²) in [7, 11) is -1.02. The zero-order chi connectivity index (χ0) is 20.5. The molecule has 0 N–H and O–H groups in total. The lowest BCUT2D eigenvalue weighted by Gasteiger charge is -2.43. The first-order chi connectivity index (χ1) is 13.9. The lowest BCUT2D eigenvalue weighted by atomic mass is 9.97. The molecule has 0 spiro atoms. The first-order valence-electron chi connectivity index (χ1n) is 10.0. The highest BCUT2D eigenvalue weighted by molar-refractivity contribution is 7.81. The molecule has 6 nitrogen and oxygen atoms in total. The van der Waals surface area contributed by atoms with Gasteiger partial charge in [0.25, 0.3) is 0 Å². The van der Waals surface area contributed by atoms with Crippen LogP contribution in [0.4, 0.5) is 0 Å². The minimum absolute atomic E-state index is 0.0398. The van der Waals surface area contributed by atoms with Gasteiger partial charge in [-0.2, -0.15) is 13.1 Å². The largest absolute Gasteiger partial charge is 0.444 e. The van der Waals surface area contributed by atoms with Crippen molar-refractivity contribution < 1.29 is 26.3 Å². The summed E-state index contributed by atoms with van der Waals surface area (Å²) in [5, 5.41) is 0. The number of fused-ring (bicyclic) bond motifs is 2. The maximum Gasteiger partial charge on any atom is 0.444 e. The summed E-state index contributed by atoms with van der Waals surface area (Å²) < 4.78 is 40.6. The van der Waals surface area contributed by atoms with E-state index in [-0.39, 0.29) is 28.9 Å². The first kappa shape index (κ1) is 20.5. The van der Waals surface area contributed by atoms with E-state index in [4.69, 9.17) is 9.02 Å². The molecular weight excluding hydrogens is 390 g/mol. The predicted octanol–water partition coefficient (Wildman–Crippen LogP) is 3.76. The Morgan fingerprint density at radius 2 is 1.38 bits per heavy atom. The molecule has 4 rings (SSSR count). The number of hydrogen-bond acceptors (Lipinski definition) is 5. The van der Waals surface area contributed by atoms with Crippen LogP contribution in [0.5, 0.6) is 0 Å². The third-order valence-corrected chi connectivity index (χ3v) is 7.25. The van der Waals surface area contributed by atoms with Gasteiger partial charge in [-0.3, -0.25) is 0 Å². The SMILES string of the molecule is COS(=O)(=O)O[N+]1(C)C2CCC1CC(OC(c1ccccc1)c1ccccc1)C2. The van der Waals surface area contributed by atoms with Gasteiger partial charge in [0.05, 0.1) is 13.2 Å². The number of hydroxylamine groups is 3. The molecule has 0 amide bonds. The fourth-order valence-corrected chi connectivity index (χ4v) is 5.51. The number of rotatable bonds is 7. The monoisotopic (exact) mass is 418 g/mol. The van der Waals surface area contributed by atoms with E-state index in [1.807, 2.05) is 43.4 Å². The van der Waals surface area contributed by atoms with Crippen LogP contribution >= 0.6 is 0 Å². The fraction of sp³-hybridized carbons (Fsp3) is 0.455. The van der Waals surface area contributed by atoms with E-state index < -0.39 is 10.4 Å². The van der Waals surface area contributed by atoms with Crippen molar-refractivity contribution in [3.63, 3.8) is 0 Å². The molecule has 29 heavy (non-hydrogen) atoms. The third-order valence-electron chi connectivity index (χ3n) is 6.34. The van der Waals surface area contributed by atoms with E-state index in [9.17, 15) is 8.42 Å². The van der Waals surface area contributed by atoms with Gasteiger partial charge in [0, 0.05) is 25.7 Å². The Morgan fingerprint density at radius 3 is 1.83 bits per heavy atom. The summed E-state index contributed by atoms with van der Waals surface area (Å²) in [6, 6.07) is 20.6. The maximum atomic E-state index is 11.9. The van der Waals surface area contributed by atoms with Gasteiger partial charge in [-0.05, 0) is 15.4 Å². The Labute approximate surface area is 172 Å². The topological polar surface area (TPSA) is 61.8 Å². The molecule has 0 saturated carbocycles. The van der Waals surface area contributed by atoms with Crippen LogP contribution in [-0.4, -0.2) is 45.4 Å². The Hall–Kier alpha value is -1.77. The molecule has 2 aliphatic rings. The van der Waals surface area contributed by atoms with Crippen molar-refractivity contribution in [2.75, 3.05) is 14.2 Å². The molecule has 2 aromatic carbocycles. The maximum absolute atomic E-state index is 11.9. The molecule has 0 radical (unpaired) electrons. The van der Waals surface area contributed by atoms with E-state index >= 15 is 0 Å². The van der Waals surface area contributed by atoms with Crippen molar-refractivity contribution in [3.8, 4) is 0 Å². The van der Waals surface area contributed by atoms with Crippen LogP contribution in [0.2, 0.25) is 0 Å². The zero-order valence-electron chi connectivity index (χ0n) is 16.8. The third kappa shape index (κ3) is 4.25. The molecule has 2 fully saturated rings. The summed E-state index contributed by atoms with van der Waals surface area (Å²) in [6.45, 7) is 0. The summed E-state index contributed by atoms with van der Waals surface area (Å²) in [6.07, 6.45) is 3.23. The van der Waals surface area contributed by atoms with E-state index in [0.717, 1.165) is 43.9 Å². The lowest BCUT2D eigenvalue weighted by molar-refractivity contribution is -1.10. The Morgan fingerprint density at radius 1 is 0.897 bits per heavy atom. The van der Waals surface area contributed by atoms with Gasteiger partial charge in [0.15, 0.2) is 0 Å². The summed E-state index contributed by atoms with van der Waals surface area (Å²) >= 11 is 0. The highest BCUT2D eigenvalue weighted by Crippen LogP contribution is 2.44. The van der Waals surface area contributed by atoms with Gasteiger partial charge in [0.2, 0.25) is 0 Å². The Kier molecular flexibility index (Phi) is 5.77. The molecule has 2 aromatic rings. The number of piperidine rings is 1. The second-order valence-corrected chi connectivity index (χ2v) is 9.32. The molecule has 2 bridgehead atoms. The lowest BCUT2D eigenvalue weighted by Crippen LogP contribution is -2.59. The van der Waals surface area contributed by atoms with Crippen LogP contribution in [-0.2, 0) is 23.6 Å². The van der Waals surface area contributed by atoms with Gasteiger partial charge < -0.3 is 4.74 Å². The van der Waals surface area contributed by atoms with Gasteiger partial charge in [-0.15, -0.1) is 0 Å². The van der Waals surface area contributed by atoms with E-state index in [1.54, 1.807) is 0 Å². The van der Waals surface area contributed by atoms with Crippen molar-refractivity contribution in [1.29, 1.82) is 0 Å². The first-order valence-corrected chi connectivity index (χ1v) is 11.4. The van der Waals surface area contributed by atoms with Crippen molar-refractivity contribution in [2.24, 2.45) is 0 Å². The minimum Gasteiger partial charge on any atom is -0.365 e. The second kappa shape index (κ2) is 8.16. The quantitative estimate of drug-likeness (QED) is 0.641. The molecule has 2 heterocycles. The van der Waals surface area contributed by atoms with Crippen molar-refractivity contribution in [2.45, 2.75) is 50.0 Å². The van der Waals surface area contributed by atoms with Crippen LogP contribution in [0.15, 0.2) is 60.7 Å². The predicted molar refractivity (Wildman–Crippen MR) is 109 cm³/mol. The number of quaternary nitrogens is 1. The van der Waals surface area contributed by atoms with Crippen LogP contribution in [0.1, 0.15) is 42.9 Å². The van der Waals surface area contributed by atoms with Gasteiger partial charge in [-0.1, -0.05) is 60.7 Å². The minimum atomic E-state index is -4.00. The number of nitrogens with zero attached hydrogens (tertiary/aromatic N) is 1. The standard InChI is InChI=1S/C22H28NO5S/c1-23(28-29(24,25)26-2)19-13-14-20(23)16-21(15-19)27-22(17-9-5-3-6-10-17)18-11-7-4-8-12-18/h3-12,19-22H,13-16H2,1-2H3/q+1. The Balaban J connectivity index is 1.54. The number of hydrogen-bond donors (Lipinski definition) is 0. The molecule has 2 aliphatic heterocycles. The molecular formula is C22H28NO5S+. The summed E-state index contributed by atoms with van der Waals surface area (Å²) in [5.74, 6) is 0. The van der Waals surface area contributed by atoms with Crippen LogP contribution in [0.25, 0.3) is 0 Å². The molecule has 156 valence electrons. The fourth-order valence-electron chi connectivity index (χ4n) is 4.81. The number of ether oxygens (including phenoxy) is 1. The van der Waals surface area contributed by atoms with Gasteiger partial charge in [-0.25, -0.2) is 4.18 Å². The van der Waals surface area contributed by atoms with Crippen LogP contribution in [0, 0.1) is 0 Å². The van der Waals surface area contributed by atoms with Gasteiger partial charge >= 0.3 is 10.4 Å². The molecule has 2 saturated heterocycles. The van der Waals surface area contributed by atoms with E-state index in [0.29, 0.717) is 0 Å². The smallest absolute Gasteiger partial charge is 0.365 e. The Bertz CT molecular complexity index is 865. The van der Waals surface area contributed by atoms with Crippen molar-refractivity contribution in [3.05, 3.63) is 71.8 Å². The second-order valence-electron chi connectivity index (χ2n) is 8.02. The van der Waals surface area contributed by atoms with Gasteiger partial charge in [0.1, 0.15) is 25.2 Å². The number of benzene rings is 2. The molecule has 0 aromatic heterocycles. The summed E-state index contributed by atoms with van der Waals surface area (Å²) in [5.41, 5.74) is 2.24. The van der Waals surface area contributed by atoms with Crippen LogP contribution < -0.4 is 0 Å². The highest BCUT2D eigenvalue weighted by Gasteiger charge is 2.56. The zero-order valence-corrected chi connectivity index (χ0v) is 17.6. The van der Waals surface area contributed by atoms with Crippen molar-refractivity contribution in [1.82, 2.24) is 0 Å². The normalized spacial score (nSPS) is 29.3. The van der Waals surface area contributed by atoms with E-state index in [2.05, 4.69) is 28.4 Å². The van der Waals surface area contributed by atoms with Crippen molar-refractivity contribution >= 4 is 10.4 Å².